The highest BCUT2D eigenvalue weighted by atomic mass is 32.2. The summed E-state index contributed by atoms with van der Waals surface area (Å²) in [4.78, 5) is 25.3. The maximum Gasteiger partial charge on any atom is 0.338 e. The number of carbonyl (C=O) groups excluding carboxylic acids is 2. The number of ketones is 1. The minimum absolute atomic E-state index is 0.0151. The van der Waals surface area contributed by atoms with Gasteiger partial charge >= 0.3 is 5.97 Å². The van der Waals surface area contributed by atoms with Crippen LogP contribution in [0, 0.1) is 13.8 Å². The normalized spacial score (nSPS) is 17.3. The molecule has 0 saturated heterocycles. The van der Waals surface area contributed by atoms with Gasteiger partial charge in [0.2, 0.25) is 15.8 Å². The van der Waals surface area contributed by atoms with Gasteiger partial charge in [0.1, 0.15) is 0 Å². The summed E-state index contributed by atoms with van der Waals surface area (Å²) in [6.45, 7) is 3.55. The van der Waals surface area contributed by atoms with Crippen LogP contribution in [0.2, 0.25) is 0 Å². The number of hydrogen-bond donors (Lipinski definition) is 0. The molecule has 2 aliphatic carbocycles. The summed E-state index contributed by atoms with van der Waals surface area (Å²) in [6.07, 6.45) is 7.22. The van der Waals surface area contributed by atoms with Crippen LogP contribution in [0.3, 0.4) is 0 Å². The predicted molar refractivity (Wildman–Crippen MR) is 125 cm³/mol. The lowest BCUT2D eigenvalue weighted by molar-refractivity contribution is 0.0474. The summed E-state index contributed by atoms with van der Waals surface area (Å²) < 4.78 is 34.8. The third-order valence-corrected chi connectivity index (χ3v) is 8.81. The van der Waals surface area contributed by atoms with Gasteiger partial charge in [0.25, 0.3) is 0 Å². The summed E-state index contributed by atoms with van der Waals surface area (Å²) in [5.41, 5.74) is 2.75. The Kier molecular flexibility index (Phi) is 6.77. The highest BCUT2D eigenvalue weighted by Gasteiger charge is 2.30. The SMILES string of the molecule is Cc1cc(C(=O)COC(=O)c2ccc(S(=O)(=O)N(C)C3CCCCC3)cc2)c(C)n1C1CC1. The number of aromatic nitrogens is 1. The van der Waals surface area contributed by atoms with Crippen molar-refractivity contribution < 1.29 is 22.7 Å². The molecule has 2 fully saturated rings. The topological polar surface area (TPSA) is 85.7 Å². The summed E-state index contributed by atoms with van der Waals surface area (Å²) in [7, 11) is -2.00. The molecular formula is C25H32N2O5S. The van der Waals surface area contributed by atoms with Crippen molar-refractivity contribution in [2.75, 3.05) is 13.7 Å². The van der Waals surface area contributed by atoms with Crippen molar-refractivity contribution in [1.82, 2.24) is 8.87 Å². The van der Waals surface area contributed by atoms with Gasteiger partial charge in [-0.3, -0.25) is 4.79 Å². The van der Waals surface area contributed by atoms with Gasteiger partial charge in [-0.05, 0) is 69.9 Å². The average molecular weight is 473 g/mol. The number of sulfonamides is 1. The quantitative estimate of drug-likeness (QED) is 0.419. The van der Waals surface area contributed by atoms with Crippen LogP contribution < -0.4 is 0 Å². The van der Waals surface area contributed by atoms with E-state index in [0.29, 0.717) is 11.6 Å². The largest absolute Gasteiger partial charge is 0.454 e. The van der Waals surface area contributed by atoms with E-state index >= 15 is 0 Å². The second-order valence-electron chi connectivity index (χ2n) is 9.22. The molecule has 0 radical (unpaired) electrons. The molecule has 4 rings (SSSR count). The van der Waals surface area contributed by atoms with Gasteiger partial charge in [0, 0.05) is 36.1 Å². The van der Waals surface area contributed by atoms with Gasteiger partial charge < -0.3 is 9.30 Å². The first-order chi connectivity index (χ1) is 15.7. The summed E-state index contributed by atoms with van der Waals surface area (Å²) in [5, 5.41) is 0. The lowest BCUT2D eigenvalue weighted by Crippen LogP contribution is -2.38. The van der Waals surface area contributed by atoms with E-state index in [-0.39, 0.29) is 28.9 Å². The fourth-order valence-corrected chi connectivity index (χ4v) is 6.23. The van der Waals surface area contributed by atoms with Crippen LogP contribution >= 0.6 is 0 Å². The van der Waals surface area contributed by atoms with E-state index in [4.69, 9.17) is 4.74 Å². The Balaban J connectivity index is 1.38. The predicted octanol–water partition coefficient (Wildman–Crippen LogP) is 4.43. The number of benzene rings is 1. The average Bonchev–Trinajstić information content (AvgIpc) is 3.61. The third kappa shape index (κ3) is 4.92. The van der Waals surface area contributed by atoms with Crippen LogP contribution in [0.4, 0.5) is 0 Å². The van der Waals surface area contributed by atoms with Crippen LogP contribution in [0.1, 0.15) is 83.1 Å². The molecule has 1 aromatic heterocycles. The molecule has 0 bridgehead atoms. The second-order valence-corrected chi connectivity index (χ2v) is 11.2. The molecule has 0 atom stereocenters. The first kappa shape index (κ1) is 23.7. The molecule has 2 aliphatic rings. The molecule has 33 heavy (non-hydrogen) atoms. The molecule has 0 amide bonds. The number of carbonyl (C=O) groups is 2. The molecule has 2 saturated carbocycles. The number of esters is 1. The number of Topliss-reactive ketones (excluding diaryl/α,β-unsaturated/α-hetero) is 1. The standard InChI is InChI=1S/C25H32N2O5S/c1-17-15-23(18(2)27(17)21-11-12-21)24(28)16-32-25(29)19-9-13-22(14-10-19)33(30,31)26(3)20-7-5-4-6-8-20/h9-10,13-15,20-21H,4-8,11-12,16H2,1-3H3. The molecule has 1 aromatic carbocycles. The highest BCUT2D eigenvalue weighted by Crippen LogP contribution is 2.38. The molecule has 7 nitrogen and oxygen atoms in total. The maximum atomic E-state index is 13.0. The Morgan fingerprint density at radius 1 is 1.03 bits per heavy atom. The Morgan fingerprint density at radius 2 is 1.67 bits per heavy atom. The number of aryl methyl sites for hydroxylation is 1. The van der Waals surface area contributed by atoms with Gasteiger partial charge in [-0.1, -0.05) is 19.3 Å². The van der Waals surface area contributed by atoms with Crippen molar-refractivity contribution in [1.29, 1.82) is 0 Å². The lowest BCUT2D eigenvalue weighted by atomic mass is 9.96. The van der Waals surface area contributed by atoms with E-state index in [2.05, 4.69) is 4.57 Å². The van der Waals surface area contributed by atoms with Gasteiger partial charge in [0.05, 0.1) is 10.5 Å². The smallest absolute Gasteiger partial charge is 0.338 e. The molecular weight excluding hydrogens is 440 g/mol. The Hall–Kier alpha value is -2.45. The second kappa shape index (κ2) is 9.43. The number of ether oxygens (including phenoxy) is 1. The maximum absolute atomic E-state index is 13.0. The van der Waals surface area contributed by atoms with Crippen molar-refractivity contribution in [2.45, 2.75) is 75.8 Å². The number of hydrogen-bond acceptors (Lipinski definition) is 5. The fourth-order valence-electron chi connectivity index (χ4n) is 4.82. The molecule has 1 heterocycles. The van der Waals surface area contributed by atoms with Gasteiger partial charge in [-0.25, -0.2) is 13.2 Å². The summed E-state index contributed by atoms with van der Waals surface area (Å²) in [5.74, 6) is -0.888. The van der Waals surface area contributed by atoms with Crippen LogP contribution in [0.25, 0.3) is 0 Å². The molecule has 2 aromatic rings. The fraction of sp³-hybridized carbons (Fsp3) is 0.520. The van der Waals surface area contributed by atoms with Crippen LogP contribution in [0.5, 0.6) is 0 Å². The van der Waals surface area contributed by atoms with Gasteiger partial charge in [-0.15, -0.1) is 0 Å². The van der Waals surface area contributed by atoms with Gasteiger partial charge in [-0.2, -0.15) is 4.31 Å². The first-order valence-electron chi connectivity index (χ1n) is 11.7. The Bertz CT molecular complexity index is 1140. The zero-order valence-electron chi connectivity index (χ0n) is 19.5. The van der Waals surface area contributed by atoms with Crippen molar-refractivity contribution >= 4 is 21.8 Å². The number of rotatable bonds is 8. The molecule has 0 aliphatic heterocycles. The van der Waals surface area contributed by atoms with Crippen LogP contribution in [0.15, 0.2) is 35.2 Å². The molecule has 0 spiro atoms. The van der Waals surface area contributed by atoms with E-state index in [1.807, 2.05) is 19.9 Å². The Morgan fingerprint density at radius 3 is 2.27 bits per heavy atom. The molecule has 8 heteroatoms. The lowest BCUT2D eigenvalue weighted by Gasteiger charge is -2.30. The summed E-state index contributed by atoms with van der Waals surface area (Å²) in [6, 6.07) is 8.07. The molecule has 178 valence electrons. The van der Waals surface area contributed by atoms with E-state index in [1.54, 1.807) is 7.05 Å². The molecule has 0 unspecified atom stereocenters. The van der Waals surface area contributed by atoms with E-state index in [1.165, 1.54) is 28.6 Å². The zero-order valence-corrected chi connectivity index (χ0v) is 20.4. The van der Waals surface area contributed by atoms with Crippen molar-refractivity contribution in [3.63, 3.8) is 0 Å². The first-order valence-corrected chi connectivity index (χ1v) is 13.1. The highest BCUT2D eigenvalue weighted by molar-refractivity contribution is 7.89. The minimum atomic E-state index is -3.63. The zero-order chi connectivity index (χ0) is 23.8. The van der Waals surface area contributed by atoms with Crippen molar-refractivity contribution in [3.05, 3.63) is 52.8 Å². The van der Waals surface area contributed by atoms with E-state index < -0.39 is 16.0 Å². The summed E-state index contributed by atoms with van der Waals surface area (Å²) >= 11 is 0. The third-order valence-electron chi connectivity index (χ3n) is 6.89. The monoisotopic (exact) mass is 472 g/mol. The van der Waals surface area contributed by atoms with E-state index in [0.717, 1.165) is 56.3 Å². The Labute approximate surface area is 195 Å². The minimum Gasteiger partial charge on any atom is -0.454 e. The van der Waals surface area contributed by atoms with Crippen LogP contribution in [-0.2, 0) is 14.8 Å². The van der Waals surface area contributed by atoms with Crippen molar-refractivity contribution in [2.24, 2.45) is 0 Å². The van der Waals surface area contributed by atoms with Crippen molar-refractivity contribution in [3.8, 4) is 0 Å². The van der Waals surface area contributed by atoms with E-state index in [9.17, 15) is 18.0 Å². The van der Waals surface area contributed by atoms with Crippen LogP contribution in [-0.4, -0.2) is 48.7 Å². The molecule has 0 N–H and O–H groups in total. The number of nitrogens with zero attached hydrogens (tertiary/aromatic N) is 2. The van der Waals surface area contributed by atoms with Gasteiger partial charge in [0.15, 0.2) is 6.61 Å².